The summed E-state index contributed by atoms with van der Waals surface area (Å²) in [5.74, 6) is -2.03. The second kappa shape index (κ2) is 17.3. The van der Waals surface area contributed by atoms with E-state index >= 15 is 0 Å². The van der Waals surface area contributed by atoms with Crippen LogP contribution in [0.5, 0.6) is 0 Å². The number of ether oxygens (including phenoxy) is 4. The van der Waals surface area contributed by atoms with Crippen LogP contribution in [-0.4, -0.2) is 99.4 Å². The van der Waals surface area contributed by atoms with Crippen molar-refractivity contribution in [2.24, 2.45) is 23.7 Å². The van der Waals surface area contributed by atoms with Gasteiger partial charge in [-0.3, -0.25) is 19.2 Å². The predicted octanol–water partition coefficient (Wildman–Crippen LogP) is 2.14. The molecule has 1 aliphatic heterocycles. The van der Waals surface area contributed by atoms with E-state index in [4.69, 9.17) is 18.9 Å². The molecule has 1 aliphatic rings. The van der Waals surface area contributed by atoms with E-state index in [9.17, 15) is 19.2 Å². The third-order valence-corrected chi connectivity index (χ3v) is 6.28. The van der Waals surface area contributed by atoms with E-state index in [-0.39, 0.29) is 47.4 Å². The van der Waals surface area contributed by atoms with Crippen LogP contribution in [0.25, 0.3) is 0 Å². The van der Waals surface area contributed by atoms with Crippen LogP contribution in [0, 0.1) is 23.7 Å². The first kappa shape index (κ1) is 31.8. The van der Waals surface area contributed by atoms with Crippen molar-refractivity contribution in [3.8, 4) is 0 Å². The standard InChI is InChI=1S/C26H46N2O8/c1-7-35-25(31)21(5)17-19(3)23(29)27-9-13-33-15-11-28(12-16-34-14-10-27)24(30)20(4)18-22(6)26(32)36-8-2/h19-22H,7-18H2,1-6H3/t19-,20-,21-,22+/m0/s1. The third kappa shape index (κ3) is 11.2. The van der Waals surface area contributed by atoms with Crippen molar-refractivity contribution in [1.82, 2.24) is 9.80 Å². The molecule has 0 bridgehead atoms. The largest absolute Gasteiger partial charge is 0.466 e. The number of hydrogen-bond acceptors (Lipinski definition) is 8. The first-order valence-electron chi connectivity index (χ1n) is 13.2. The minimum atomic E-state index is -0.352. The number of amides is 2. The first-order valence-corrected chi connectivity index (χ1v) is 13.2. The Labute approximate surface area is 215 Å². The highest BCUT2D eigenvalue weighted by Crippen LogP contribution is 2.18. The van der Waals surface area contributed by atoms with Gasteiger partial charge in [-0.2, -0.15) is 0 Å². The molecule has 10 heteroatoms. The fourth-order valence-electron chi connectivity index (χ4n) is 4.21. The molecule has 1 fully saturated rings. The van der Waals surface area contributed by atoms with E-state index in [0.29, 0.717) is 78.7 Å². The molecule has 2 amide bonds. The molecule has 4 atom stereocenters. The van der Waals surface area contributed by atoms with Crippen molar-refractivity contribution >= 4 is 23.8 Å². The van der Waals surface area contributed by atoms with Crippen molar-refractivity contribution in [3.05, 3.63) is 0 Å². The summed E-state index contributed by atoms with van der Waals surface area (Å²) in [6.07, 6.45) is 0.833. The Hall–Kier alpha value is -2.20. The van der Waals surface area contributed by atoms with Gasteiger partial charge >= 0.3 is 11.9 Å². The maximum atomic E-state index is 13.0. The fraction of sp³-hybridized carbons (Fsp3) is 0.846. The number of carbonyl (C=O) groups is 4. The molecule has 0 aromatic heterocycles. The molecule has 1 saturated heterocycles. The van der Waals surface area contributed by atoms with Crippen LogP contribution in [0.1, 0.15) is 54.4 Å². The second-order valence-electron chi connectivity index (χ2n) is 9.46. The number of carbonyl (C=O) groups excluding carboxylic acids is 4. The molecule has 0 aliphatic carbocycles. The summed E-state index contributed by atoms with van der Waals surface area (Å²) < 4.78 is 21.6. The molecule has 0 unspecified atom stereocenters. The molecule has 0 aromatic rings. The molecule has 1 heterocycles. The lowest BCUT2D eigenvalue weighted by atomic mass is 9.96. The summed E-state index contributed by atoms with van der Waals surface area (Å²) in [4.78, 5) is 53.3. The Morgan fingerprint density at radius 3 is 1.19 bits per heavy atom. The zero-order valence-electron chi connectivity index (χ0n) is 23.0. The Morgan fingerprint density at radius 1 is 0.611 bits per heavy atom. The molecule has 0 radical (unpaired) electrons. The molecular formula is C26H46N2O8. The Kier molecular flexibility index (Phi) is 15.3. The Bertz CT molecular complexity index is 631. The smallest absolute Gasteiger partial charge is 0.308 e. The molecule has 0 aromatic carbocycles. The van der Waals surface area contributed by atoms with Crippen molar-refractivity contribution < 1.29 is 38.1 Å². The zero-order valence-corrected chi connectivity index (χ0v) is 23.0. The molecular weight excluding hydrogens is 468 g/mol. The quantitative estimate of drug-likeness (QED) is 0.408. The summed E-state index contributed by atoms with van der Waals surface area (Å²) in [7, 11) is 0. The average Bonchev–Trinajstić information content (AvgIpc) is 2.83. The number of hydrogen-bond donors (Lipinski definition) is 0. The highest BCUT2D eigenvalue weighted by Gasteiger charge is 2.27. The third-order valence-electron chi connectivity index (χ3n) is 6.28. The maximum Gasteiger partial charge on any atom is 0.308 e. The lowest BCUT2D eigenvalue weighted by Gasteiger charge is -2.29. The molecule has 36 heavy (non-hydrogen) atoms. The summed E-state index contributed by atoms with van der Waals surface area (Å²) in [5.41, 5.74) is 0. The molecule has 0 saturated carbocycles. The monoisotopic (exact) mass is 514 g/mol. The molecule has 208 valence electrons. The van der Waals surface area contributed by atoms with Gasteiger partial charge in [-0.25, -0.2) is 0 Å². The van der Waals surface area contributed by atoms with Crippen molar-refractivity contribution in [1.29, 1.82) is 0 Å². The van der Waals surface area contributed by atoms with Gasteiger partial charge in [0.2, 0.25) is 11.8 Å². The van der Waals surface area contributed by atoms with Crippen LogP contribution < -0.4 is 0 Å². The highest BCUT2D eigenvalue weighted by atomic mass is 16.5. The van der Waals surface area contributed by atoms with E-state index < -0.39 is 0 Å². The van der Waals surface area contributed by atoms with E-state index in [2.05, 4.69) is 0 Å². The van der Waals surface area contributed by atoms with Gasteiger partial charge in [0.05, 0.1) is 51.5 Å². The topological polar surface area (TPSA) is 112 Å². The van der Waals surface area contributed by atoms with Gasteiger partial charge in [0.25, 0.3) is 0 Å². The van der Waals surface area contributed by atoms with E-state index in [0.717, 1.165) is 0 Å². The van der Waals surface area contributed by atoms with E-state index in [1.165, 1.54) is 0 Å². The van der Waals surface area contributed by atoms with Crippen molar-refractivity contribution in [2.75, 3.05) is 65.8 Å². The van der Waals surface area contributed by atoms with Gasteiger partial charge in [-0.15, -0.1) is 0 Å². The average molecular weight is 515 g/mol. The SMILES string of the molecule is CCOC(=O)[C@H](C)C[C@H](C)C(=O)N1CCOCCN(C(=O)[C@@H](C)C[C@H](C)C(=O)OCC)CCOCC1. The maximum absolute atomic E-state index is 13.0. The van der Waals surface area contributed by atoms with Crippen molar-refractivity contribution in [2.45, 2.75) is 54.4 Å². The van der Waals surface area contributed by atoms with Gasteiger partial charge in [0, 0.05) is 38.0 Å². The molecule has 0 N–H and O–H groups in total. The lowest BCUT2D eigenvalue weighted by molar-refractivity contribution is -0.149. The Balaban J connectivity index is 2.60. The summed E-state index contributed by atoms with van der Waals surface area (Å²) in [5, 5.41) is 0. The minimum Gasteiger partial charge on any atom is -0.466 e. The Morgan fingerprint density at radius 2 is 0.917 bits per heavy atom. The molecule has 0 spiro atoms. The van der Waals surface area contributed by atoms with Crippen LogP contribution in [0.15, 0.2) is 0 Å². The summed E-state index contributed by atoms with van der Waals surface area (Å²) >= 11 is 0. The minimum absolute atomic E-state index is 0.0447. The van der Waals surface area contributed by atoms with Crippen LogP contribution in [0.4, 0.5) is 0 Å². The predicted molar refractivity (Wildman–Crippen MR) is 134 cm³/mol. The van der Waals surface area contributed by atoms with Gasteiger partial charge < -0.3 is 28.7 Å². The zero-order chi connectivity index (χ0) is 27.1. The number of esters is 2. The van der Waals surface area contributed by atoms with Crippen LogP contribution >= 0.6 is 0 Å². The fourth-order valence-corrected chi connectivity index (χ4v) is 4.21. The van der Waals surface area contributed by atoms with Crippen LogP contribution in [0.2, 0.25) is 0 Å². The molecule has 1 rings (SSSR count). The van der Waals surface area contributed by atoms with Crippen molar-refractivity contribution in [3.63, 3.8) is 0 Å². The normalized spacial score (nSPS) is 19.2. The van der Waals surface area contributed by atoms with Crippen LogP contribution in [0.3, 0.4) is 0 Å². The van der Waals surface area contributed by atoms with E-state index in [1.54, 1.807) is 37.5 Å². The van der Waals surface area contributed by atoms with Gasteiger partial charge in [0.15, 0.2) is 0 Å². The second-order valence-corrected chi connectivity index (χ2v) is 9.46. The highest BCUT2D eigenvalue weighted by molar-refractivity contribution is 5.80. The van der Waals surface area contributed by atoms with Crippen LogP contribution in [-0.2, 0) is 38.1 Å². The molecule has 10 nitrogen and oxygen atoms in total. The van der Waals surface area contributed by atoms with E-state index in [1.807, 2.05) is 13.8 Å². The summed E-state index contributed by atoms with van der Waals surface area (Å²) in [6, 6.07) is 0. The summed E-state index contributed by atoms with van der Waals surface area (Å²) in [6.45, 7) is 14.3. The van der Waals surface area contributed by atoms with Gasteiger partial charge in [-0.1, -0.05) is 27.7 Å². The number of nitrogens with zero attached hydrogens (tertiary/aromatic N) is 2. The number of rotatable bonds is 10. The lowest BCUT2D eigenvalue weighted by Crippen LogP contribution is -2.43. The first-order chi connectivity index (χ1) is 17.1. The van der Waals surface area contributed by atoms with Gasteiger partial charge in [-0.05, 0) is 26.7 Å². The van der Waals surface area contributed by atoms with Gasteiger partial charge in [0.1, 0.15) is 0 Å².